The van der Waals surface area contributed by atoms with Crippen LogP contribution in [0.25, 0.3) is 0 Å². The number of hydrogen-bond donors (Lipinski definition) is 1. The van der Waals surface area contributed by atoms with Gasteiger partial charge in [-0.2, -0.15) is 0 Å². The number of likely N-dealkylation sites (tertiary alicyclic amines) is 2. The van der Waals surface area contributed by atoms with E-state index in [1.165, 1.54) is 12.1 Å². The molecule has 0 aromatic heterocycles. The minimum absolute atomic E-state index is 0.0175. The van der Waals surface area contributed by atoms with Crippen molar-refractivity contribution in [3.05, 3.63) is 35.6 Å². The first-order valence-corrected chi connectivity index (χ1v) is 9.99. The van der Waals surface area contributed by atoms with Gasteiger partial charge >= 0.3 is 0 Å². The lowest BCUT2D eigenvalue weighted by Crippen LogP contribution is -2.54. The molecule has 0 saturated carbocycles. The maximum Gasteiger partial charge on any atom is 0.243 e. The van der Waals surface area contributed by atoms with Crippen molar-refractivity contribution in [1.29, 1.82) is 0 Å². The van der Waals surface area contributed by atoms with E-state index in [0.717, 1.165) is 0 Å². The number of benzene rings is 1. The molecular formula is C21H28FN3O3. The largest absolute Gasteiger partial charge is 0.352 e. The average Bonchev–Trinajstić information content (AvgIpc) is 3.03. The Labute approximate surface area is 165 Å². The molecule has 2 saturated heterocycles. The standard InChI is InChI=1S/C21H28FN3O3/c1-14(2)23-21(28)18-6-7-19(26)25(18)17-8-10-24(11-9-17)20(27)13-15-4-3-5-16(22)12-15/h3-5,12,14,17-18H,6-11,13H2,1-2H3,(H,23,28). The first kappa shape index (κ1) is 20.3. The molecule has 7 heteroatoms. The van der Waals surface area contributed by atoms with Crippen LogP contribution in [0.2, 0.25) is 0 Å². The first-order chi connectivity index (χ1) is 13.3. The third-order valence-electron chi connectivity index (χ3n) is 5.44. The van der Waals surface area contributed by atoms with Crippen LogP contribution in [0, 0.1) is 5.82 Å². The molecule has 2 aliphatic heterocycles. The Morgan fingerprint density at radius 1 is 1.21 bits per heavy atom. The summed E-state index contributed by atoms with van der Waals surface area (Å²) in [6, 6.07) is 5.70. The van der Waals surface area contributed by atoms with Gasteiger partial charge in [-0.05, 0) is 50.8 Å². The first-order valence-electron chi connectivity index (χ1n) is 9.99. The molecule has 28 heavy (non-hydrogen) atoms. The maximum absolute atomic E-state index is 13.3. The average molecular weight is 389 g/mol. The van der Waals surface area contributed by atoms with Crippen LogP contribution in [0.3, 0.4) is 0 Å². The summed E-state index contributed by atoms with van der Waals surface area (Å²) in [6.45, 7) is 4.89. The second-order valence-corrected chi connectivity index (χ2v) is 7.94. The molecule has 0 spiro atoms. The number of carbonyl (C=O) groups is 3. The fourth-order valence-electron chi connectivity index (χ4n) is 4.13. The van der Waals surface area contributed by atoms with E-state index in [2.05, 4.69) is 5.32 Å². The topological polar surface area (TPSA) is 69.7 Å². The van der Waals surface area contributed by atoms with E-state index in [-0.39, 0.29) is 42.0 Å². The highest BCUT2D eigenvalue weighted by atomic mass is 19.1. The highest BCUT2D eigenvalue weighted by Crippen LogP contribution is 2.27. The number of hydrogen-bond acceptors (Lipinski definition) is 3. The molecule has 3 amide bonds. The van der Waals surface area contributed by atoms with E-state index in [1.54, 1.807) is 21.9 Å². The third-order valence-corrected chi connectivity index (χ3v) is 5.44. The van der Waals surface area contributed by atoms with Gasteiger partial charge in [-0.1, -0.05) is 12.1 Å². The zero-order chi connectivity index (χ0) is 20.3. The lowest BCUT2D eigenvalue weighted by molar-refractivity contribution is -0.140. The second-order valence-electron chi connectivity index (χ2n) is 7.94. The Morgan fingerprint density at radius 3 is 2.57 bits per heavy atom. The summed E-state index contributed by atoms with van der Waals surface area (Å²) in [7, 11) is 0. The number of rotatable bonds is 5. The van der Waals surface area contributed by atoms with Crippen molar-refractivity contribution in [1.82, 2.24) is 15.1 Å². The van der Waals surface area contributed by atoms with E-state index in [0.29, 0.717) is 44.3 Å². The SMILES string of the molecule is CC(C)NC(=O)C1CCC(=O)N1C1CCN(C(=O)Cc2cccc(F)c2)CC1. The Kier molecular flexibility index (Phi) is 6.31. The van der Waals surface area contributed by atoms with Gasteiger partial charge in [0.1, 0.15) is 11.9 Å². The molecule has 152 valence electrons. The molecule has 1 aromatic carbocycles. The number of halogens is 1. The second kappa shape index (κ2) is 8.71. The van der Waals surface area contributed by atoms with Crippen LogP contribution in [0.4, 0.5) is 4.39 Å². The molecule has 6 nitrogen and oxygen atoms in total. The summed E-state index contributed by atoms with van der Waals surface area (Å²) in [4.78, 5) is 40.9. The summed E-state index contributed by atoms with van der Waals surface area (Å²) >= 11 is 0. The Bertz CT molecular complexity index is 744. The maximum atomic E-state index is 13.3. The van der Waals surface area contributed by atoms with Crippen molar-refractivity contribution < 1.29 is 18.8 Å². The van der Waals surface area contributed by atoms with Crippen molar-refractivity contribution >= 4 is 17.7 Å². The van der Waals surface area contributed by atoms with E-state index < -0.39 is 6.04 Å². The number of amides is 3. The zero-order valence-electron chi connectivity index (χ0n) is 16.5. The highest BCUT2D eigenvalue weighted by molar-refractivity contribution is 5.91. The van der Waals surface area contributed by atoms with Gasteiger partial charge in [0, 0.05) is 31.6 Å². The van der Waals surface area contributed by atoms with Crippen molar-refractivity contribution in [3.8, 4) is 0 Å². The molecule has 1 aromatic rings. The Morgan fingerprint density at radius 2 is 1.93 bits per heavy atom. The van der Waals surface area contributed by atoms with E-state index in [1.807, 2.05) is 13.8 Å². The van der Waals surface area contributed by atoms with Crippen molar-refractivity contribution in [2.24, 2.45) is 0 Å². The van der Waals surface area contributed by atoms with Gasteiger partial charge < -0.3 is 15.1 Å². The van der Waals surface area contributed by atoms with Crippen molar-refractivity contribution in [3.63, 3.8) is 0 Å². The summed E-state index contributed by atoms with van der Waals surface area (Å²) < 4.78 is 13.3. The summed E-state index contributed by atoms with van der Waals surface area (Å²) in [5.41, 5.74) is 0.660. The summed E-state index contributed by atoms with van der Waals surface area (Å²) in [5, 5.41) is 2.91. The molecule has 2 aliphatic rings. The van der Waals surface area contributed by atoms with E-state index in [4.69, 9.17) is 0 Å². The highest BCUT2D eigenvalue weighted by Gasteiger charge is 2.41. The summed E-state index contributed by atoms with van der Waals surface area (Å²) in [6.07, 6.45) is 2.44. The molecule has 2 heterocycles. The zero-order valence-corrected chi connectivity index (χ0v) is 16.5. The van der Waals surface area contributed by atoms with Crippen LogP contribution in [0.15, 0.2) is 24.3 Å². The lowest BCUT2D eigenvalue weighted by atomic mass is 10.0. The minimum Gasteiger partial charge on any atom is -0.352 e. The fraction of sp³-hybridized carbons (Fsp3) is 0.571. The van der Waals surface area contributed by atoms with E-state index in [9.17, 15) is 18.8 Å². The molecular weight excluding hydrogens is 361 g/mol. The molecule has 1 atom stereocenters. The molecule has 3 rings (SSSR count). The fourth-order valence-corrected chi connectivity index (χ4v) is 4.13. The molecule has 0 aliphatic carbocycles. The molecule has 1 unspecified atom stereocenters. The van der Waals surface area contributed by atoms with Gasteiger partial charge in [-0.3, -0.25) is 14.4 Å². The monoisotopic (exact) mass is 389 g/mol. The van der Waals surface area contributed by atoms with Gasteiger partial charge in [0.05, 0.1) is 6.42 Å². The Balaban J connectivity index is 1.57. The van der Waals surface area contributed by atoms with Crippen molar-refractivity contribution in [2.45, 2.75) is 64.1 Å². The predicted octanol–water partition coefficient (Wildman–Crippen LogP) is 1.87. The molecule has 0 bridgehead atoms. The van der Waals surface area contributed by atoms with Crippen LogP contribution in [-0.2, 0) is 20.8 Å². The molecule has 1 N–H and O–H groups in total. The van der Waals surface area contributed by atoms with Gasteiger partial charge in [0.25, 0.3) is 0 Å². The third kappa shape index (κ3) is 4.69. The smallest absolute Gasteiger partial charge is 0.243 e. The number of piperidine rings is 1. The van der Waals surface area contributed by atoms with Gasteiger partial charge in [0.2, 0.25) is 17.7 Å². The predicted molar refractivity (Wildman–Crippen MR) is 103 cm³/mol. The normalized spacial score (nSPS) is 20.7. The van der Waals surface area contributed by atoms with Crippen LogP contribution in [0.5, 0.6) is 0 Å². The quantitative estimate of drug-likeness (QED) is 0.836. The van der Waals surface area contributed by atoms with E-state index >= 15 is 0 Å². The number of nitrogens with zero attached hydrogens (tertiary/aromatic N) is 2. The van der Waals surface area contributed by atoms with Crippen LogP contribution in [0.1, 0.15) is 45.1 Å². The van der Waals surface area contributed by atoms with Crippen LogP contribution < -0.4 is 5.32 Å². The number of nitrogens with one attached hydrogen (secondary N) is 1. The lowest BCUT2D eigenvalue weighted by Gasteiger charge is -2.39. The molecule has 2 fully saturated rings. The minimum atomic E-state index is -0.408. The van der Waals surface area contributed by atoms with Gasteiger partial charge in [-0.15, -0.1) is 0 Å². The van der Waals surface area contributed by atoms with Crippen molar-refractivity contribution in [2.75, 3.05) is 13.1 Å². The van der Waals surface area contributed by atoms with Crippen LogP contribution in [-0.4, -0.2) is 58.7 Å². The Hall–Kier alpha value is -2.44. The number of carbonyl (C=O) groups excluding carboxylic acids is 3. The molecule has 0 radical (unpaired) electrons. The summed E-state index contributed by atoms with van der Waals surface area (Å²) in [5.74, 6) is -0.452. The van der Waals surface area contributed by atoms with Gasteiger partial charge in [0.15, 0.2) is 0 Å². The van der Waals surface area contributed by atoms with Gasteiger partial charge in [-0.25, -0.2) is 4.39 Å². The van der Waals surface area contributed by atoms with Crippen LogP contribution >= 0.6 is 0 Å².